The fourth-order valence-electron chi connectivity index (χ4n) is 3.95. The zero-order valence-electron chi connectivity index (χ0n) is 17.7. The molecule has 2 N–H and O–H groups in total. The van der Waals surface area contributed by atoms with Gasteiger partial charge in [-0.05, 0) is 72.1 Å². The van der Waals surface area contributed by atoms with Gasteiger partial charge in [0.25, 0.3) is 0 Å². The summed E-state index contributed by atoms with van der Waals surface area (Å²) in [5.74, 6) is -0.392. The highest BCUT2D eigenvalue weighted by Crippen LogP contribution is 2.34. The van der Waals surface area contributed by atoms with E-state index in [1.54, 1.807) is 18.5 Å². The van der Waals surface area contributed by atoms with Crippen LogP contribution in [0.3, 0.4) is 0 Å². The number of nitrogens with two attached hydrogens (primary N) is 1. The van der Waals surface area contributed by atoms with Gasteiger partial charge in [0.15, 0.2) is 5.65 Å². The smallest absolute Gasteiger partial charge is 0.160 e. The average molecular weight is 455 g/mol. The van der Waals surface area contributed by atoms with Gasteiger partial charge in [0.2, 0.25) is 0 Å². The molecule has 0 saturated heterocycles. The fraction of sp³-hybridized carbons (Fsp3) is 0.0741. The molecule has 33 heavy (non-hydrogen) atoms. The molecule has 0 radical (unpaired) electrons. The molecular weight excluding hydrogens is 435 g/mol. The Labute approximate surface area is 195 Å². The van der Waals surface area contributed by atoms with Crippen molar-refractivity contribution in [2.45, 2.75) is 6.42 Å². The van der Waals surface area contributed by atoms with E-state index in [0.29, 0.717) is 28.5 Å². The second-order valence-corrected chi connectivity index (χ2v) is 8.19. The molecule has 0 saturated carbocycles. The van der Waals surface area contributed by atoms with E-state index in [1.165, 1.54) is 17.7 Å². The molecule has 0 aliphatic rings. The van der Waals surface area contributed by atoms with Crippen LogP contribution in [-0.2, 0) is 6.42 Å². The summed E-state index contributed by atoms with van der Waals surface area (Å²) in [5, 5.41) is 1.30. The molecule has 0 spiro atoms. The molecule has 0 fully saturated rings. The molecule has 0 unspecified atom stereocenters. The van der Waals surface area contributed by atoms with Crippen molar-refractivity contribution in [1.82, 2.24) is 15.0 Å². The fourth-order valence-corrected chi connectivity index (χ4v) is 4.12. The molecular formula is C27H20ClFN4. The number of aromatic nitrogens is 3. The summed E-state index contributed by atoms with van der Waals surface area (Å²) in [7, 11) is 0. The van der Waals surface area contributed by atoms with Gasteiger partial charge in [-0.15, -0.1) is 0 Å². The summed E-state index contributed by atoms with van der Waals surface area (Å²) in [6, 6.07) is 20.5. The molecule has 3 heterocycles. The minimum Gasteiger partial charge on any atom is -0.330 e. The lowest BCUT2D eigenvalue weighted by atomic mass is 9.97. The van der Waals surface area contributed by atoms with Crippen LogP contribution in [0.2, 0.25) is 5.02 Å². The zero-order valence-corrected chi connectivity index (χ0v) is 18.4. The van der Waals surface area contributed by atoms with E-state index >= 15 is 0 Å². The number of pyridine rings is 3. The predicted molar refractivity (Wildman–Crippen MR) is 131 cm³/mol. The van der Waals surface area contributed by atoms with Gasteiger partial charge in [-0.3, -0.25) is 4.98 Å². The van der Waals surface area contributed by atoms with Crippen molar-refractivity contribution in [3.05, 3.63) is 102 Å². The quantitative estimate of drug-likeness (QED) is 0.337. The summed E-state index contributed by atoms with van der Waals surface area (Å²) in [6.07, 6.45) is 6.13. The monoisotopic (exact) mass is 454 g/mol. The SMILES string of the molecule is NCCc1cccc(-c2cncc(-c3cc(-c4cc(Cl)ccc4F)nc4ncccc34)c2)c1. The standard InChI is InChI=1S/C27H20ClFN4/c28-21-6-7-25(29)24(13-21)26-14-23(22-5-2-10-32-27(22)33-26)20-12-19(15-31-16-20)18-4-1-3-17(11-18)8-9-30/h1-7,10-16H,8-9,30H2. The van der Waals surface area contributed by atoms with Gasteiger partial charge in [-0.2, -0.15) is 0 Å². The molecule has 5 aromatic rings. The van der Waals surface area contributed by atoms with Crippen molar-refractivity contribution in [2.75, 3.05) is 6.54 Å². The Morgan fingerprint density at radius 2 is 1.73 bits per heavy atom. The van der Waals surface area contributed by atoms with Crippen LogP contribution < -0.4 is 5.73 Å². The number of rotatable bonds is 5. The summed E-state index contributed by atoms with van der Waals surface area (Å²) < 4.78 is 14.6. The van der Waals surface area contributed by atoms with Crippen LogP contribution in [0.15, 0.2) is 85.3 Å². The Morgan fingerprint density at radius 1 is 0.848 bits per heavy atom. The molecule has 0 amide bonds. The third-order valence-electron chi connectivity index (χ3n) is 5.53. The van der Waals surface area contributed by atoms with E-state index in [4.69, 9.17) is 17.3 Å². The van der Waals surface area contributed by atoms with Gasteiger partial charge in [-0.1, -0.05) is 35.9 Å². The molecule has 3 aromatic heterocycles. The van der Waals surface area contributed by atoms with E-state index in [9.17, 15) is 4.39 Å². The van der Waals surface area contributed by atoms with Crippen LogP contribution in [-0.4, -0.2) is 21.5 Å². The highest BCUT2D eigenvalue weighted by atomic mass is 35.5. The zero-order chi connectivity index (χ0) is 22.8. The number of halogens is 2. The Bertz CT molecular complexity index is 1470. The van der Waals surface area contributed by atoms with Crippen molar-refractivity contribution in [3.63, 3.8) is 0 Å². The molecule has 5 rings (SSSR count). The van der Waals surface area contributed by atoms with Crippen molar-refractivity contribution < 1.29 is 4.39 Å². The number of hydrogen-bond acceptors (Lipinski definition) is 4. The Morgan fingerprint density at radius 3 is 2.61 bits per heavy atom. The lowest BCUT2D eigenvalue weighted by Crippen LogP contribution is -2.02. The van der Waals surface area contributed by atoms with Gasteiger partial charge in [0.05, 0.1) is 5.69 Å². The third kappa shape index (κ3) is 4.33. The first-order valence-electron chi connectivity index (χ1n) is 10.6. The third-order valence-corrected chi connectivity index (χ3v) is 5.77. The van der Waals surface area contributed by atoms with E-state index in [-0.39, 0.29) is 0 Å². The largest absolute Gasteiger partial charge is 0.330 e. The minimum atomic E-state index is -0.392. The molecule has 0 atom stereocenters. The van der Waals surface area contributed by atoms with Gasteiger partial charge in [0.1, 0.15) is 5.82 Å². The van der Waals surface area contributed by atoms with Crippen LogP contribution in [0.25, 0.3) is 44.5 Å². The van der Waals surface area contributed by atoms with Gasteiger partial charge in [-0.25, -0.2) is 14.4 Å². The lowest BCUT2D eigenvalue weighted by Gasteiger charge is -2.12. The van der Waals surface area contributed by atoms with Crippen molar-refractivity contribution in [3.8, 4) is 33.5 Å². The predicted octanol–water partition coefficient (Wildman–Crippen LogP) is 6.32. The van der Waals surface area contributed by atoms with E-state index < -0.39 is 5.82 Å². The summed E-state index contributed by atoms with van der Waals surface area (Å²) in [5.41, 5.74) is 12.0. The Hall–Kier alpha value is -3.67. The van der Waals surface area contributed by atoms with Crippen LogP contribution in [0.1, 0.15) is 5.56 Å². The van der Waals surface area contributed by atoms with Gasteiger partial charge < -0.3 is 5.73 Å². The maximum Gasteiger partial charge on any atom is 0.160 e. The van der Waals surface area contributed by atoms with E-state index in [1.807, 2.05) is 30.5 Å². The molecule has 6 heteroatoms. The molecule has 0 aliphatic heterocycles. The number of fused-ring (bicyclic) bond motifs is 1. The second-order valence-electron chi connectivity index (χ2n) is 7.76. The number of benzene rings is 2. The van der Waals surface area contributed by atoms with Crippen molar-refractivity contribution in [2.24, 2.45) is 5.73 Å². The summed E-state index contributed by atoms with van der Waals surface area (Å²) in [6.45, 7) is 0.598. The van der Waals surface area contributed by atoms with Crippen LogP contribution in [0, 0.1) is 5.82 Å². The molecule has 0 bridgehead atoms. The first kappa shape index (κ1) is 21.2. The van der Waals surface area contributed by atoms with Crippen molar-refractivity contribution >= 4 is 22.6 Å². The molecule has 4 nitrogen and oxygen atoms in total. The first-order chi connectivity index (χ1) is 16.1. The normalized spacial score (nSPS) is 11.1. The Kier molecular flexibility index (Phi) is 5.82. The van der Waals surface area contributed by atoms with E-state index in [0.717, 1.165) is 34.1 Å². The number of nitrogens with zero attached hydrogens (tertiary/aromatic N) is 3. The van der Waals surface area contributed by atoms with Crippen LogP contribution in [0.4, 0.5) is 4.39 Å². The summed E-state index contributed by atoms with van der Waals surface area (Å²) >= 11 is 6.14. The number of hydrogen-bond donors (Lipinski definition) is 1. The maximum atomic E-state index is 14.6. The van der Waals surface area contributed by atoms with Crippen LogP contribution in [0.5, 0.6) is 0 Å². The van der Waals surface area contributed by atoms with Gasteiger partial charge in [0, 0.05) is 45.7 Å². The lowest BCUT2D eigenvalue weighted by molar-refractivity contribution is 0.631. The van der Waals surface area contributed by atoms with Gasteiger partial charge >= 0.3 is 0 Å². The first-order valence-corrected chi connectivity index (χ1v) is 11.0. The highest BCUT2D eigenvalue weighted by molar-refractivity contribution is 6.30. The highest BCUT2D eigenvalue weighted by Gasteiger charge is 2.14. The molecule has 2 aromatic carbocycles. The average Bonchev–Trinajstić information content (AvgIpc) is 2.85. The minimum absolute atomic E-state index is 0.329. The van der Waals surface area contributed by atoms with Crippen LogP contribution >= 0.6 is 11.6 Å². The Balaban J connectivity index is 1.68. The molecule has 0 aliphatic carbocycles. The topological polar surface area (TPSA) is 64.7 Å². The summed E-state index contributed by atoms with van der Waals surface area (Å²) in [4.78, 5) is 13.5. The molecule has 162 valence electrons. The van der Waals surface area contributed by atoms with Crippen molar-refractivity contribution in [1.29, 1.82) is 0 Å². The van der Waals surface area contributed by atoms with E-state index in [2.05, 4.69) is 39.2 Å². The maximum absolute atomic E-state index is 14.6. The second kappa shape index (κ2) is 9.06.